The monoisotopic (exact) mass is 576 g/mol. The first-order chi connectivity index (χ1) is 20.8. The van der Waals surface area contributed by atoms with Crippen LogP contribution in [0, 0.1) is 11.3 Å². The lowest BCUT2D eigenvalue weighted by Gasteiger charge is -2.42. The van der Waals surface area contributed by atoms with Crippen LogP contribution < -0.4 is 5.32 Å². The average molecular weight is 577 g/mol. The van der Waals surface area contributed by atoms with Gasteiger partial charge in [-0.2, -0.15) is 0 Å². The molecule has 6 nitrogen and oxygen atoms in total. The summed E-state index contributed by atoms with van der Waals surface area (Å²) in [5.74, 6) is -1.12. The standard InChI is InChI=1S/C37H40N2O4/c1-4-6-15-27(5-2)25-38-35(42)36(26(3)40)34-31-21-14-13-16-28(31)22-23-39(34)33(24-32(41)29-17-9-7-10-18-29)37(36,43)30-19-11-8-12-20-30/h7-14,16-24,27,34,43H,4-6,15,25H2,1-3H3,(H,38,42)/b33-24+. The van der Waals surface area contributed by atoms with E-state index in [0.29, 0.717) is 17.7 Å². The van der Waals surface area contributed by atoms with Crippen LogP contribution in [0.3, 0.4) is 0 Å². The van der Waals surface area contributed by atoms with Crippen molar-refractivity contribution in [1.29, 1.82) is 0 Å². The second-order valence-corrected chi connectivity index (χ2v) is 11.6. The molecule has 0 aliphatic carbocycles. The molecule has 2 N–H and O–H groups in total. The Morgan fingerprint density at radius 3 is 2.26 bits per heavy atom. The number of hydrogen-bond acceptors (Lipinski definition) is 5. The van der Waals surface area contributed by atoms with Crippen molar-refractivity contribution in [2.45, 2.75) is 58.1 Å². The van der Waals surface area contributed by atoms with Crippen LogP contribution in [0.5, 0.6) is 0 Å². The third-order valence-corrected chi connectivity index (χ3v) is 9.14. The van der Waals surface area contributed by atoms with E-state index in [1.165, 1.54) is 13.0 Å². The summed E-state index contributed by atoms with van der Waals surface area (Å²) >= 11 is 0. The van der Waals surface area contributed by atoms with Crippen molar-refractivity contribution in [1.82, 2.24) is 10.2 Å². The Morgan fingerprint density at radius 1 is 0.953 bits per heavy atom. The third kappa shape index (κ3) is 5.04. The van der Waals surface area contributed by atoms with Crippen LogP contribution in [0.4, 0.5) is 0 Å². The van der Waals surface area contributed by atoms with E-state index in [0.717, 1.165) is 36.8 Å². The van der Waals surface area contributed by atoms with Crippen LogP contribution in [0.2, 0.25) is 0 Å². The van der Waals surface area contributed by atoms with Crippen LogP contribution >= 0.6 is 0 Å². The maximum Gasteiger partial charge on any atom is 0.239 e. The number of carbonyl (C=O) groups excluding carboxylic acids is 3. The van der Waals surface area contributed by atoms with E-state index in [2.05, 4.69) is 19.2 Å². The zero-order valence-electron chi connectivity index (χ0n) is 25.1. The zero-order valence-corrected chi connectivity index (χ0v) is 25.1. The van der Waals surface area contributed by atoms with Gasteiger partial charge in [0.1, 0.15) is 0 Å². The van der Waals surface area contributed by atoms with Gasteiger partial charge in [-0.1, -0.05) is 118 Å². The Kier molecular flexibility index (Phi) is 8.79. The summed E-state index contributed by atoms with van der Waals surface area (Å²) in [6, 6.07) is 24.3. The Bertz CT molecular complexity index is 1550. The SMILES string of the molecule is CCCCC(CC)CNC(=O)C1(C(C)=O)C2c3ccccc3C=CN2/C(=C/C(=O)c2ccccc2)C1(O)c1ccccc1. The number of Topliss-reactive ketones (excluding diaryl/α,β-unsaturated/α-hetero) is 1. The maximum atomic E-state index is 14.8. The number of allylic oxidation sites excluding steroid dienone is 1. The first kappa shape index (κ1) is 30.2. The van der Waals surface area contributed by atoms with E-state index < -0.39 is 28.7 Å². The third-order valence-electron chi connectivity index (χ3n) is 9.14. The Labute approximate surface area is 254 Å². The molecular formula is C37H40N2O4. The maximum absolute atomic E-state index is 14.8. The molecule has 3 aromatic rings. The lowest BCUT2D eigenvalue weighted by atomic mass is 9.61. The van der Waals surface area contributed by atoms with E-state index >= 15 is 0 Å². The number of ketones is 2. The number of hydrogen-bond donors (Lipinski definition) is 2. The minimum absolute atomic E-state index is 0.187. The van der Waals surface area contributed by atoms with Crippen molar-refractivity contribution in [2.24, 2.45) is 11.3 Å². The predicted octanol–water partition coefficient (Wildman–Crippen LogP) is 6.59. The molecular weight excluding hydrogens is 536 g/mol. The number of amides is 1. The molecule has 5 rings (SSSR count). The highest BCUT2D eigenvalue weighted by molar-refractivity contribution is 6.11. The summed E-state index contributed by atoms with van der Waals surface area (Å²) in [6.45, 7) is 6.01. The summed E-state index contributed by atoms with van der Waals surface area (Å²) in [4.78, 5) is 44.5. The molecule has 2 aliphatic heterocycles. The first-order valence-electron chi connectivity index (χ1n) is 15.2. The molecule has 2 aliphatic rings. The molecule has 0 aromatic heterocycles. The van der Waals surface area contributed by atoms with Crippen LogP contribution in [0.25, 0.3) is 6.08 Å². The van der Waals surface area contributed by atoms with Crippen LogP contribution in [0.15, 0.2) is 103 Å². The Balaban J connectivity index is 1.77. The quantitative estimate of drug-likeness (QED) is 0.153. The summed E-state index contributed by atoms with van der Waals surface area (Å²) in [7, 11) is 0. The number of fused-ring (bicyclic) bond motifs is 3. The molecule has 0 spiro atoms. The fourth-order valence-corrected chi connectivity index (χ4v) is 6.82. The topological polar surface area (TPSA) is 86.7 Å². The van der Waals surface area contributed by atoms with E-state index in [9.17, 15) is 19.5 Å². The molecule has 0 saturated carbocycles. The molecule has 0 bridgehead atoms. The molecule has 222 valence electrons. The minimum atomic E-state index is -2.16. The summed E-state index contributed by atoms with van der Waals surface area (Å²) < 4.78 is 0. The molecule has 0 radical (unpaired) electrons. The van der Waals surface area contributed by atoms with E-state index in [1.807, 2.05) is 42.5 Å². The molecule has 1 saturated heterocycles. The van der Waals surface area contributed by atoms with Gasteiger partial charge in [-0.15, -0.1) is 0 Å². The van der Waals surface area contributed by atoms with E-state index in [-0.39, 0.29) is 17.4 Å². The van der Waals surface area contributed by atoms with Gasteiger partial charge >= 0.3 is 0 Å². The number of unbranched alkanes of at least 4 members (excludes halogenated alkanes) is 1. The van der Waals surface area contributed by atoms with Gasteiger partial charge in [-0.05, 0) is 42.0 Å². The first-order valence-corrected chi connectivity index (χ1v) is 15.2. The Hall–Kier alpha value is -4.29. The van der Waals surface area contributed by atoms with Gasteiger partial charge in [-0.3, -0.25) is 14.4 Å². The van der Waals surface area contributed by atoms with Crippen molar-refractivity contribution in [2.75, 3.05) is 6.54 Å². The highest BCUT2D eigenvalue weighted by atomic mass is 16.3. The second-order valence-electron chi connectivity index (χ2n) is 11.6. The van der Waals surface area contributed by atoms with Crippen molar-refractivity contribution >= 4 is 23.5 Å². The lowest BCUT2D eigenvalue weighted by molar-refractivity contribution is -0.158. The smallest absolute Gasteiger partial charge is 0.239 e. The van der Waals surface area contributed by atoms with Gasteiger partial charge < -0.3 is 15.3 Å². The van der Waals surface area contributed by atoms with Crippen molar-refractivity contribution in [3.05, 3.63) is 125 Å². The van der Waals surface area contributed by atoms with Crippen molar-refractivity contribution < 1.29 is 19.5 Å². The van der Waals surface area contributed by atoms with Gasteiger partial charge in [0.2, 0.25) is 5.91 Å². The number of aliphatic hydroxyl groups is 1. The van der Waals surface area contributed by atoms with Crippen LogP contribution in [-0.2, 0) is 15.2 Å². The molecule has 43 heavy (non-hydrogen) atoms. The molecule has 1 fully saturated rings. The number of carbonyl (C=O) groups is 3. The fraction of sp³-hybridized carbons (Fsp3) is 0.324. The van der Waals surface area contributed by atoms with Gasteiger partial charge in [0.05, 0.1) is 11.7 Å². The van der Waals surface area contributed by atoms with Crippen molar-refractivity contribution in [3.63, 3.8) is 0 Å². The highest BCUT2D eigenvalue weighted by Crippen LogP contribution is 2.64. The fourth-order valence-electron chi connectivity index (χ4n) is 6.82. The Morgan fingerprint density at radius 2 is 1.60 bits per heavy atom. The van der Waals surface area contributed by atoms with Gasteiger partial charge in [0, 0.05) is 24.4 Å². The molecule has 3 aromatic carbocycles. The summed E-state index contributed by atoms with van der Waals surface area (Å²) in [6.07, 6.45) is 9.00. The number of benzene rings is 3. The molecule has 6 heteroatoms. The number of rotatable bonds is 11. The van der Waals surface area contributed by atoms with Gasteiger partial charge in [0.15, 0.2) is 22.6 Å². The predicted molar refractivity (Wildman–Crippen MR) is 169 cm³/mol. The zero-order chi connectivity index (χ0) is 30.6. The van der Waals surface area contributed by atoms with Gasteiger partial charge in [0.25, 0.3) is 0 Å². The van der Waals surface area contributed by atoms with E-state index in [1.54, 1.807) is 59.6 Å². The molecule has 2 heterocycles. The van der Waals surface area contributed by atoms with Crippen LogP contribution in [0.1, 0.15) is 79.5 Å². The van der Waals surface area contributed by atoms with Crippen molar-refractivity contribution in [3.8, 4) is 0 Å². The summed E-state index contributed by atoms with van der Waals surface area (Å²) in [5, 5.41) is 16.3. The largest absolute Gasteiger partial charge is 0.377 e. The highest BCUT2D eigenvalue weighted by Gasteiger charge is 2.73. The van der Waals surface area contributed by atoms with Crippen LogP contribution in [-0.4, -0.2) is 34.0 Å². The second kappa shape index (κ2) is 12.5. The number of nitrogens with one attached hydrogen (secondary N) is 1. The average Bonchev–Trinajstić information content (AvgIpc) is 3.27. The molecule has 4 atom stereocenters. The lowest BCUT2D eigenvalue weighted by Crippen LogP contribution is -2.59. The normalized spacial score (nSPS) is 23.9. The van der Waals surface area contributed by atoms with Gasteiger partial charge in [-0.25, -0.2) is 0 Å². The van der Waals surface area contributed by atoms with E-state index in [4.69, 9.17) is 0 Å². The molecule has 1 amide bonds. The number of nitrogens with zero attached hydrogens (tertiary/aromatic N) is 1. The summed E-state index contributed by atoms with van der Waals surface area (Å²) in [5.41, 5.74) is -1.58. The minimum Gasteiger partial charge on any atom is -0.377 e. The molecule has 4 unspecified atom stereocenters.